The highest BCUT2D eigenvalue weighted by molar-refractivity contribution is 6.31. The molecule has 4 aromatic carbocycles. The molecule has 1 aromatic heterocycles. The van der Waals surface area contributed by atoms with Gasteiger partial charge in [-0.25, -0.2) is 0 Å². The highest BCUT2D eigenvalue weighted by Gasteiger charge is 2.64. The van der Waals surface area contributed by atoms with Gasteiger partial charge in [0.25, 0.3) is 11.8 Å². The summed E-state index contributed by atoms with van der Waals surface area (Å²) >= 11 is 6.26. The van der Waals surface area contributed by atoms with Crippen LogP contribution in [0.2, 0.25) is 5.02 Å². The molecule has 2 aliphatic heterocycles. The highest BCUT2D eigenvalue weighted by Crippen LogP contribution is 2.53. The fourth-order valence-corrected chi connectivity index (χ4v) is 6.27. The van der Waals surface area contributed by atoms with Crippen LogP contribution in [0.4, 0.5) is 5.69 Å². The van der Waals surface area contributed by atoms with Gasteiger partial charge in [-0.05, 0) is 42.3 Å². The second-order valence-electron chi connectivity index (χ2n) is 10.3. The second-order valence-corrected chi connectivity index (χ2v) is 10.7. The number of benzene rings is 4. The summed E-state index contributed by atoms with van der Waals surface area (Å²) in [6, 6.07) is 29.5. The molecule has 196 valence electrons. The van der Waals surface area contributed by atoms with Crippen molar-refractivity contribution in [3.63, 3.8) is 0 Å². The van der Waals surface area contributed by atoms with Gasteiger partial charge in [0, 0.05) is 17.1 Å². The first-order valence-corrected chi connectivity index (χ1v) is 13.4. The zero-order valence-corrected chi connectivity index (χ0v) is 22.3. The van der Waals surface area contributed by atoms with Crippen LogP contribution in [0, 0.1) is 6.92 Å². The molecule has 2 aliphatic rings. The molecule has 7 rings (SSSR count). The zero-order chi connectivity index (χ0) is 27.6. The van der Waals surface area contributed by atoms with Crippen molar-refractivity contribution in [1.29, 1.82) is 0 Å². The lowest BCUT2D eigenvalue weighted by atomic mass is 9.83. The molecular weight excluding hydrogens is 524 g/mol. The normalized spacial score (nSPS) is 17.6. The summed E-state index contributed by atoms with van der Waals surface area (Å²) in [4.78, 5) is 46.5. The molecule has 0 fully saturated rings. The summed E-state index contributed by atoms with van der Waals surface area (Å²) in [6.07, 6.45) is 0. The summed E-state index contributed by atoms with van der Waals surface area (Å²) in [5.41, 5.74) is 2.21. The Labute approximate surface area is 235 Å². The number of carbonyl (C=O) groups is 2. The van der Waals surface area contributed by atoms with Gasteiger partial charge in [0.1, 0.15) is 5.58 Å². The third-order valence-corrected chi connectivity index (χ3v) is 8.04. The van der Waals surface area contributed by atoms with Crippen LogP contribution in [-0.4, -0.2) is 16.7 Å². The number of rotatable bonds is 4. The summed E-state index contributed by atoms with van der Waals surface area (Å²) in [5.74, 6) is -0.989. The first-order valence-electron chi connectivity index (χ1n) is 13.0. The Morgan fingerprint density at radius 3 is 2.35 bits per heavy atom. The number of hydrogen-bond donors (Lipinski definition) is 0. The molecule has 0 radical (unpaired) electrons. The molecule has 1 spiro atoms. The number of fused-ring (bicyclic) bond motifs is 5. The Morgan fingerprint density at radius 2 is 1.55 bits per heavy atom. The molecule has 0 saturated carbocycles. The van der Waals surface area contributed by atoms with E-state index in [1.165, 1.54) is 11.0 Å². The van der Waals surface area contributed by atoms with Crippen molar-refractivity contribution in [2.24, 2.45) is 0 Å². The Bertz CT molecular complexity index is 1920. The van der Waals surface area contributed by atoms with Crippen LogP contribution in [0.1, 0.15) is 38.4 Å². The molecule has 6 nitrogen and oxygen atoms in total. The predicted molar refractivity (Wildman–Crippen MR) is 153 cm³/mol. The Morgan fingerprint density at radius 1 is 0.800 bits per heavy atom. The molecule has 1 unspecified atom stereocenters. The minimum Gasteiger partial charge on any atom is -0.450 e. The summed E-state index contributed by atoms with van der Waals surface area (Å²) in [7, 11) is 0. The molecule has 0 bridgehead atoms. The smallest absolute Gasteiger partial charge is 0.291 e. The lowest BCUT2D eigenvalue weighted by Crippen LogP contribution is -2.52. The fourth-order valence-electron chi connectivity index (χ4n) is 6.10. The summed E-state index contributed by atoms with van der Waals surface area (Å²) in [5, 5.41) is 0.584. The number of nitrogens with zero attached hydrogens (tertiary/aromatic N) is 2. The van der Waals surface area contributed by atoms with E-state index in [0.29, 0.717) is 16.3 Å². The highest BCUT2D eigenvalue weighted by atomic mass is 35.5. The van der Waals surface area contributed by atoms with Crippen LogP contribution >= 0.6 is 11.6 Å². The number of amides is 2. The minimum absolute atomic E-state index is 0.0346. The van der Waals surface area contributed by atoms with Gasteiger partial charge in [0.2, 0.25) is 5.76 Å². The van der Waals surface area contributed by atoms with Crippen LogP contribution in [0.5, 0.6) is 0 Å². The van der Waals surface area contributed by atoms with E-state index < -0.39 is 16.9 Å². The molecule has 5 aromatic rings. The van der Waals surface area contributed by atoms with Crippen molar-refractivity contribution in [2.75, 3.05) is 4.90 Å². The van der Waals surface area contributed by atoms with Crippen molar-refractivity contribution in [1.82, 2.24) is 4.90 Å². The van der Waals surface area contributed by atoms with Gasteiger partial charge in [-0.1, -0.05) is 90.0 Å². The number of carbonyl (C=O) groups excluding carboxylic acids is 2. The van der Waals surface area contributed by atoms with Gasteiger partial charge in [-0.15, -0.1) is 0 Å². The second kappa shape index (κ2) is 8.93. The number of aryl methyl sites for hydroxylation is 1. The predicted octanol–water partition coefficient (Wildman–Crippen LogP) is 6.20. The third kappa shape index (κ3) is 3.39. The van der Waals surface area contributed by atoms with Crippen LogP contribution in [0.15, 0.2) is 106 Å². The SMILES string of the molecule is Cc1cccc(CN2C(=O)C3(c4ccccc42)c2c(oc4ccc(Cl)cc4c2=O)C(=O)N3Cc2ccccc2)c1. The van der Waals surface area contributed by atoms with E-state index in [0.717, 1.165) is 16.7 Å². The molecule has 0 saturated heterocycles. The number of para-hydroxylation sites is 1. The lowest BCUT2D eigenvalue weighted by Gasteiger charge is -2.34. The third-order valence-electron chi connectivity index (χ3n) is 7.80. The number of anilines is 1. The lowest BCUT2D eigenvalue weighted by molar-refractivity contribution is -0.126. The Kier molecular flexibility index (Phi) is 5.44. The van der Waals surface area contributed by atoms with E-state index in [2.05, 4.69) is 0 Å². The summed E-state index contributed by atoms with van der Waals surface area (Å²) in [6.45, 7) is 2.39. The first-order chi connectivity index (χ1) is 19.4. The Balaban J connectivity index is 1.52. The minimum atomic E-state index is -1.69. The van der Waals surface area contributed by atoms with Crippen molar-refractivity contribution >= 4 is 40.1 Å². The van der Waals surface area contributed by atoms with Crippen molar-refractivity contribution < 1.29 is 14.0 Å². The van der Waals surface area contributed by atoms with E-state index >= 15 is 0 Å². The molecular formula is C33H23ClN2O4. The van der Waals surface area contributed by atoms with Gasteiger partial charge in [-0.3, -0.25) is 14.4 Å². The summed E-state index contributed by atoms with van der Waals surface area (Å²) < 4.78 is 6.12. The van der Waals surface area contributed by atoms with E-state index in [4.69, 9.17) is 16.0 Å². The fraction of sp³-hybridized carbons (Fsp3) is 0.121. The van der Waals surface area contributed by atoms with Crippen LogP contribution in [0.25, 0.3) is 11.0 Å². The largest absolute Gasteiger partial charge is 0.450 e. The Hall–Kier alpha value is -4.68. The number of halogens is 1. The maximum atomic E-state index is 14.9. The quantitative estimate of drug-likeness (QED) is 0.269. The van der Waals surface area contributed by atoms with Gasteiger partial charge in [-0.2, -0.15) is 0 Å². The standard InChI is InChI=1S/C33H23ClN2O4/c1-20-8-7-11-22(16-20)18-35-26-13-6-5-12-25(26)33(32(35)39)28-29(37)24-17-23(34)14-15-27(24)40-30(28)31(38)36(33)19-21-9-3-2-4-10-21/h2-17H,18-19H2,1H3. The molecule has 0 N–H and O–H groups in total. The molecule has 7 heteroatoms. The van der Waals surface area contributed by atoms with Gasteiger partial charge in [0.15, 0.2) is 11.0 Å². The molecule has 3 heterocycles. The van der Waals surface area contributed by atoms with Crippen LogP contribution in [-0.2, 0) is 23.4 Å². The van der Waals surface area contributed by atoms with Crippen molar-refractivity contribution in [3.05, 3.63) is 146 Å². The van der Waals surface area contributed by atoms with E-state index in [1.807, 2.05) is 85.8 Å². The maximum Gasteiger partial charge on any atom is 0.291 e. The van der Waals surface area contributed by atoms with E-state index in [1.54, 1.807) is 17.0 Å². The molecule has 0 aliphatic carbocycles. The van der Waals surface area contributed by atoms with E-state index in [-0.39, 0.29) is 41.3 Å². The van der Waals surface area contributed by atoms with Crippen LogP contribution < -0.4 is 10.3 Å². The van der Waals surface area contributed by atoms with Crippen molar-refractivity contribution in [3.8, 4) is 0 Å². The van der Waals surface area contributed by atoms with Gasteiger partial charge < -0.3 is 14.2 Å². The maximum absolute atomic E-state index is 14.9. The number of hydrogen-bond acceptors (Lipinski definition) is 4. The van der Waals surface area contributed by atoms with Gasteiger partial charge in [0.05, 0.1) is 23.2 Å². The van der Waals surface area contributed by atoms with E-state index in [9.17, 15) is 14.4 Å². The topological polar surface area (TPSA) is 70.8 Å². The zero-order valence-electron chi connectivity index (χ0n) is 21.6. The average Bonchev–Trinajstić information content (AvgIpc) is 3.34. The van der Waals surface area contributed by atoms with Gasteiger partial charge >= 0.3 is 0 Å². The monoisotopic (exact) mass is 546 g/mol. The average molecular weight is 547 g/mol. The molecule has 40 heavy (non-hydrogen) atoms. The molecule has 1 atom stereocenters. The van der Waals surface area contributed by atoms with Crippen LogP contribution in [0.3, 0.4) is 0 Å². The molecule has 2 amide bonds. The van der Waals surface area contributed by atoms with Crippen molar-refractivity contribution in [2.45, 2.75) is 25.6 Å². The first kappa shape index (κ1) is 24.4.